The van der Waals surface area contributed by atoms with Gasteiger partial charge in [-0.1, -0.05) is 6.58 Å². The van der Waals surface area contributed by atoms with Crippen LogP contribution in [0.25, 0.3) is 0 Å². The summed E-state index contributed by atoms with van der Waals surface area (Å²) < 4.78 is 59.7. The van der Waals surface area contributed by atoms with Gasteiger partial charge in [-0.15, -0.1) is 0 Å². The fourth-order valence-electron chi connectivity index (χ4n) is 4.20. The maximum absolute atomic E-state index is 12.6. The van der Waals surface area contributed by atoms with Crippen LogP contribution in [-0.2, 0) is 28.5 Å². The molecule has 3 rings (SSSR count). The standard InChI is InChI=1S/C16H19F3O6/c1-6(16(17,18)19)14(21)24-13-11-9(15(3,4)25-7(2)20)8-5-22-12(13)10(8)23-11/h8-13H,1,5H2,2-4H3. The molecular formula is C16H19F3O6. The van der Waals surface area contributed by atoms with Crippen molar-refractivity contribution in [3.05, 3.63) is 12.2 Å². The normalized spacial score (nSPS) is 36.4. The smallest absolute Gasteiger partial charge is 0.422 e. The summed E-state index contributed by atoms with van der Waals surface area (Å²) in [6.45, 7) is 7.72. The highest BCUT2D eigenvalue weighted by atomic mass is 19.4. The van der Waals surface area contributed by atoms with Crippen LogP contribution in [-0.4, -0.2) is 54.7 Å². The quantitative estimate of drug-likeness (QED) is 0.559. The van der Waals surface area contributed by atoms with Gasteiger partial charge in [-0.3, -0.25) is 4.79 Å². The van der Waals surface area contributed by atoms with Crippen molar-refractivity contribution in [2.24, 2.45) is 11.8 Å². The molecule has 0 saturated carbocycles. The van der Waals surface area contributed by atoms with Gasteiger partial charge in [0.2, 0.25) is 0 Å². The molecule has 0 aromatic rings. The van der Waals surface area contributed by atoms with Crippen LogP contribution in [0, 0.1) is 11.8 Å². The number of rotatable bonds is 4. The first-order valence-electron chi connectivity index (χ1n) is 7.87. The maximum atomic E-state index is 12.6. The van der Waals surface area contributed by atoms with Crippen LogP contribution in [0.3, 0.4) is 0 Å². The summed E-state index contributed by atoms with van der Waals surface area (Å²) in [6.07, 6.45) is -7.60. The second-order valence-corrected chi connectivity index (χ2v) is 7.10. The predicted molar refractivity (Wildman–Crippen MR) is 76.3 cm³/mol. The van der Waals surface area contributed by atoms with E-state index in [1.165, 1.54) is 6.92 Å². The van der Waals surface area contributed by atoms with Gasteiger partial charge >= 0.3 is 18.1 Å². The van der Waals surface area contributed by atoms with Gasteiger partial charge in [0, 0.05) is 18.8 Å². The zero-order chi connectivity index (χ0) is 18.7. The summed E-state index contributed by atoms with van der Waals surface area (Å²) in [5, 5.41) is 0. The van der Waals surface area contributed by atoms with Gasteiger partial charge in [0.15, 0.2) is 6.10 Å². The molecule has 6 nitrogen and oxygen atoms in total. The highest BCUT2D eigenvalue weighted by Crippen LogP contribution is 2.54. The minimum atomic E-state index is -4.87. The minimum absolute atomic E-state index is 0.0786. The van der Waals surface area contributed by atoms with Gasteiger partial charge < -0.3 is 18.9 Å². The zero-order valence-electron chi connectivity index (χ0n) is 14.0. The molecule has 0 N–H and O–H groups in total. The molecule has 3 saturated heterocycles. The lowest BCUT2D eigenvalue weighted by Gasteiger charge is -2.39. The summed E-state index contributed by atoms with van der Waals surface area (Å²) in [5.74, 6) is -2.48. The molecule has 3 aliphatic rings. The first-order chi connectivity index (χ1) is 11.4. The highest BCUT2D eigenvalue weighted by molar-refractivity contribution is 5.89. The lowest BCUT2D eigenvalue weighted by atomic mass is 9.71. The van der Waals surface area contributed by atoms with Crippen LogP contribution in [0.1, 0.15) is 20.8 Å². The number of hydrogen-bond acceptors (Lipinski definition) is 6. The molecule has 0 aliphatic carbocycles. The number of esters is 2. The van der Waals surface area contributed by atoms with Gasteiger partial charge in [-0.05, 0) is 13.8 Å². The van der Waals surface area contributed by atoms with E-state index in [2.05, 4.69) is 6.58 Å². The summed E-state index contributed by atoms with van der Waals surface area (Å²) in [4.78, 5) is 23.2. The molecule has 0 aromatic carbocycles. The number of halogens is 3. The zero-order valence-corrected chi connectivity index (χ0v) is 14.0. The molecule has 0 aromatic heterocycles. The number of hydrogen-bond donors (Lipinski definition) is 0. The fraction of sp³-hybridized carbons (Fsp3) is 0.750. The Kier molecular flexibility index (Phi) is 4.15. The van der Waals surface area contributed by atoms with E-state index in [9.17, 15) is 22.8 Å². The number of ether oxygens (including phenoxy) is 4. The molecule has 6 atom stereocenters. The summed E-state index contributed by atoms with van der Waals surface area (Å²) >= 11 is 0. The number of carbonyl (C=O) groups is 2. The third kappa shape index (κ3) is 2.93. The topological polar surface area (TPSA) is 71.1 Å². The SMILES string of the molecule is C=C(C(=O)OC1C2OCC3C2OC1C3C(C)(C)OC(C)=O)C(F)(F)F. The Morgan fingerprint density at radius 3 is 2.36 bits per heavy atom. The van der Waals surface area contributed by atoms with Gasteiger partial charge in [0.05, 0.1) is 12.7 Å². The van der Waals surface area contributed by atoms with Crippen LogP contribution < -0.4 is 0 Å². The average Bonchev–Trinajstić information content (AvgIpc) is 3.05. The lowest BCUT2D eigenvalue weighted by molar-refractivity contribution is -0.173. The van der Waals surface area contributed by atoms with Crippen molar-refractivity contribution in [2.75, 3.05) is 6.61 Å². The third-order valence-corrected chi connectivity index (χ3v) is 5.05. The van der Waals surface area contributed by atoms with Gasteiger partial charge in [-0.25, -0.2) is 4.79 Å². The van der Waals surface area contributed by atoms with E-state index >= 15 is 0 Å². The summed E-state index contributed by atoms with van der Waals surface area (Å²) in [6, 6.07) is 0. The monoisotopic (exact) mass is 364 g/mol. The van der Waals surface area contributed by atoms with E-state index in [-0.39, 0.29) is 11.8 Å². The molecule has 2 bridgehead atoms. The maximum Gasteiger partial charge on any atom is 0.422 e. The van der Waals surface area contributed by atoms with Crippen molar-refractivity contribution in [3.63, 3.8) is 0 Å². The molecule has 3 fully saturated rings. The van der Waals surface area contributed by atoms with Crippen molar-refractivity contribution in [1.29, 1.82) is 0 Å². The van der Waals surface area contributed by atoms with E-state index < -0.39 is 53.7 Å². The Morgan fingerprint density at radius 1 is 1.16 bits per heavy atom. The van der Waals surface area contributed by atoms with Gasteiger partial charge in [0.1, 0.15) is 23.4 Å². The van der Waals surface area contributed by atoms with E-state index in [1.807, 2.05) is 0 Å². The van der Waals surface area contributed by atoms with Crippen LogP contribution in [0.15, 0.2) is 12.2 Å². The molecule has 25 heavy (non-hydrogen) atoms. The molecule has 6 unspecified atom stereocenters. The molecular weight excluding hydrogens is 345 g/mol. The average molecular weight is 364 g/mol. The highest BCUT2D eigenvalue weighted by Gasteiger charge is 2.69. The number of alkyl halides is 3. The van der Waals surface area contributed by atoms with Crippen molar-refractivity contribution >= 4 is 11.9 Å². The van der Waals surface area contributed by atoms with E-state index in [1.54, 1.807) is 13.8 Å². The molecule has 9 heteroatoms. The van der Waals surface area contributed by atoms with E-state index in [0.717, 1.165) is 0 Å². The van der Waals surface area contributed by atoms with Gasteiger partial charge in [-0.2, -0.15) is 13.2 Å². The third-order valence-electron chi connectivity index (χ3n) is 5.05. The Bertz CT molecular complexity index is 613. The van der Waals surface area contributed by atoms with Crippen molar-refractivity contribution in [3.8, 4) is 0 Å². The number of fused-ring (bicyclic) bond motifs is 1. The largest absolute Gasteiger partial charge is 0.459 e. The molecule has 3 heterocycles. The second kappa shape index (κ2) is 5.70. The van der Waals surface area contributed by atoms with Crippen LogP contribution >= 0.6 is 0 Å². The van der Waals surface area contributed by atoms with Crippen LogP contribution in [0.2, 0.25) is 0 Å². The van der Waals surface area contributed by atoms with Crippen molar-refractivity contribution < 1.29 is 41.7 Å². The molecule has 0 radical (unpaired) electrons. The number of carbonyl (C=O) groups excluding carboxylic acids is 2. The minimum Gasteiger partial charge on any atom is -0.459 e. The Labute approximate surface area is 142 Å². The fourth-order valence-corrected chi connectivity index (χ4v) is 4.20. The summed E-state index contributed by atoms with van der Waals surface area (Å²) in [5.41, 5.74) is -2.53. The first-order valence-corrected chi connectivity index (χ1v) is 7.87. The van der Waals surface area contributed by atoms with Crippen molar-refractivity contribution in [1.82, 2.24) is 0 Å². The van der Waals surface area contributed by atoms with Crippen LogP contribution in [0.5, 0.6) is 0 Å². The molecule has 0 amide bonds. The van der Waals surface area contributed by atoms with Gasteiger partial charge in [0.25, 0.3) is 0 Å². The molecule has 0 spiro atoms. The predicted octanol–water partition coefficient (Wildman–Crippen LogP) is 1.77. The van der Waals surface area contributed by atoms with Crippen molar-refractivity contribution in [2.45, 2.75) is 57.0 Å². The Balaban J connectivity index is 1.80. The Hall–Kier alpha value is -1.61. The van der Waals surface area contributed by atoms with E-state index in [0.29, 0.717) is 6.61 Å². The molecule has 3 aliphatic heterocycles. The Morgan fingerprint density at radius 2 is 1.80 bits per heavy atom. The first kappa shape index (κ1) is 18.2. The van der Waals surface area contributed by atoms with Crippen LogP contribution in [0.4, 0.5) is 13.2 Å². The van der Waals surface area contributed by atoms with E-state index in [4.69, 9.17) is 18.9 Å². The second-order valence-electron chi connectivity index (χ2n) is 7.10. The molecule has 140 valence electrons. The lowest BCUT2D eigenvalue weighted by Crippen LogP contribution is -2.53. The summed E-state index contributed by atoms with van der Waals surface area (Å²) in [7, 11) is 0.